The van der Waals surface area contributed by atoms with Gasteiger partial charge in [-0.3, -0.25) is 9.78 Å². The van der Waals surface area contributed by atoms with Crippen molar-refractivity contribution >= 4 is 30.7 Å². The fourth-order valence-corrected chi connectivity index (χ4v) is 2.63. The fourth-order valence-electron chi connectivity index (χ4n) is 2.63. The minimum absolute atomic E-state index is 0. The van der Waals surface area contributed by atoms with Crippen molar-refractivity contribution < 1.29 is 4.79 Å². The lowest BCUT2D eigenvalue weighted by molar-refractivity contribution is 0.0928. The van der Waals surface area contributed by atoms with Crippen LogP contribution in [0.25, 0.3) is 0 Å². The molecule has 1 fully saturated rings. The molecule has 0 aliphatic carbocycles. The van der Waals surface area contributed by atoms with E-state index < -0.39 is 0 Å². The summed E-state index contributed by atoms with van der Waals surface area (Å²) >= 11 is 0. The quantitative estimate of drug-likeness (QED) is 0.894. The Kier molecular flexibility index (Phi) is 8.22. The maximum absolute atomic E-state index is 12.1. The number of nitrogens with zero attached hydrogens (tertiary/aromatic N) is 1. The van der Waals surface area contributed by atoms with Crippen LogP contribution in [-0.4, -0.2) is 30.0 Å². The minimum atomic E-state index is -0.0335. The lowest BCUT2D eigenvalue weighted by Crippen LogP contribution is -2.52. The van der Waals surface area contributed by atoms with Crippen LogP contribution < -0.4 is 10.6 Å². The number of amides is 1. The van der Waals surface area contributed by atoms with Gasteiger partial charge in [0.15, 0.2) is 0 Å². The number of carbonyl (C=O) groups excluding carboxylic acids is 1. The third-order valence-corrected chi connectivity index (χ3v) is 4.05. The summed E-state index contributed by atoms with van der Waals surface area (Å²) in [5, 5.41) is 6.52. The van der Waals surface area contributed by atoms with E-state index in [1.807, 2.05) is 13.0 Å². The normalized spacial score (nSPS) is 19.9. The predicted octanol–water partition coefficient (Wildman–Crippen LogP) is 2.74. The molecule has 2 rings (SSSR count). The molecule has 0 aromatic carbocycles. The lowest BCUT2D eigenvalue weighted by atomic mass is 9.77. The number of hydrogen-bond donors (Lipinski definition) is 2. The largest absolute Gasteiger partial charge is 0.350 e. The number of hydrogen-bond acceptors (Lipinski definition) is 3. The zero-order valence-electron chi connectivity index (χ0n) is 12.8. The Morgan fingerprint density at radius 2 is 2.19 bits per heavy atom. The summed E-state index contributed by atoms with van der Waals surface area (Å²) in [4.78, 5) is 16.3. The van der Waals surface area contributed by atoms with Crippen molar-refractivity contribution in [3.8, 4) is 0 Å². The molecule has 120 valence electrons. The molecule has 1 saturated heterocycles. The molecule has 1 atom stereocenters. The topological polar surface area (TPSA) is 54.0 Å². The van der Waals surface area contributed by atoms with Crippen molar-refractivity contribution in [3.05, 3.63) is 29.6 Å². The third kappa shape index (κ3) is 5.13. The molecule has 21 heavy (non-hydrogen) atoms. The molecule has 0 spiro atoms. The summed E-state index contributed by atoms with van der Waals surface area (Å²) in [6.45, 7) is 8.07. The molecule has 1 aromatic heterocycles. The number of aromatic nitrogens is 1. The Hall–Kier alpha value is -0.840. The van der Waals surface area contributed by atoms with Crippen molar-refractivity contribution in [1.29, 1.82) is 0 Å². The second kappa shape index (κ2) is 8.57. The number of carbonyl (C=O) groups is 1. The van der Waals surface area contributed by atoms with E-state index in [1.54, 1.807) is 12.3 Å². The molecule has 2 N–H and O–H groups in total. The number of pyridine rings is 1. The van der Waals surface area contributed by atoms with E-state index in [0.717, 1.165) is 12.2 Å². The van der Waals surface area contributed by atoms with Gasteiger partial charge in [-0.05, 0) is 43.9 Å². The van der Waals surface area contributed by atoms with Crippen LogP contribution >= 0.6 is 24.8 Å². The Bertz CT molecular complexity index is 466. The summed E-state index contributed by atoms with van der Waals surface area (Å²) in [5.74, 6) is -0.0335. The molecule has 0 saturated carbocycles. The molecule has 0 radical (unpaired) electrons. The van der Waals surface area contributed by atoms with Crippen molar-refractivity contribution in [2.24, 2.45) is 5.41 Å². The number of nitrogens with one attached hydrogen (secondary N) is 2. The molecular weight excluding hydrogens is 309 g/mol. The monoisotopic (exact) mass is 333 g/mol. The summed E-state index contributed by atoms with van der Waals surface area (Å²) in [5.41, 5.74) is 1.67. The highest BCUT2D eigenvalue weighted by Crippen LogP contribution is 2.29. The van der Waals surface area contributed by atoms with Crippen LogP contribution in [0.15, 0.2) is 18.3 Å². The first-order valence-corrected chi connectivity index (χ1v) is 6.94. The molecule has 1 aromatic rings. The number of piperidine rings is 1. The first-order chi connectivity index (χ1) is 9.00. The van der Waals surface area contributed by atoms with Crippen LogP contribution in [0.4, 0.5) is 0 Å². The smallest absolute Gasteiger partial charge is 0.253 e. The van der Waals surface area contributed by atoms with E-state index in [4.69, 9.17) is 0 Å². The van der Waals surface area contributed by atoms with Gasteiger partial charge < -0.3 is 10.6 Å². The summed E-state index contributed by atoms with van der Waals surface area (Å²) in [6, 6.07) is 3.95. The average Bonchev–Trinajstić information content (AvgIpc) is 2.37. The van der Waals surface area contributed by atoms with Crippen LogP contribution in [0.5, 0.6) is 0 Å². The van der Waals surface area contributed by atoms with Crippen LogP contribution in [0, 0.1) is 12.3 Å². The van der Waals surface area contributed by atoms with Crippen molar-refractivity contribution in [1.82, 2.24) is 15.6 Å². The van der Waals surface area contributed by atoms with Crippen LogP contribution in [0.1, 0.15) is 42.7 Å². The highest BCUT2D eigenvalue weighted by atomic mass is 35.5. The van der Waals surface area contributed by atoms with Gasteiger partial charge in [-0.2, -0.15) is 0 Å². The fraction of sp³-hybridized carbons (Fsp3) is 0.600. The summed E-state index contributed by atoms with van der Waals surface area (Å²) in [7, 11) is 0. The van der Waals surface area contributed by atoms with Gasteiger partial charge in [-0.25, -0.2) is 0 Å². The van der Waals surface area contributed by atoms with E-state index in [2.05, 4.69) is 29.5 Å². The van der Waals surface area contributed by atoms with Gasteiger partial charge in [0.2, 0.25) is 0 Å². The number of halogens is 2. The van der Waals surface area contributed by atoms with Crippen molar-refractivity contribution in [2.75, 3.05) is 13.1 Å². The first kappa shape index (κ1) is 20.2. The Labute approximate surface area is 139 Å². The molecule has 1 aliphatic rings. The number of rotatable bonds is 3. The molecule has 4 nitrogen and oxygen atoms in total. The predicted molar refractivity (Wildman–Crippen MR) is 90.6 cm³/mol. The average molecular weight is 334 g/mol. The van der Waals surface area contributed by atoms with E-state index in [0.29, 0.717) is 18.2 Å². The molecular formula is C15H25Cl2N3O. The van der Waals surface area contributed by atoms with Crippen LogP contribution in [0.3, 0.4) is 0 Å². The molecule has 2 heterocycles. The molecule has 6 heteroatoms. The zero-order valence-corrected chi connectivity index (χ0v) is 14.4. The summed E-state index contributed by atoms with van der Waals surface area (Å²) in [6.07, 6.45) is 4.11. The highest BCUT2D eigenvalue weighted by Gasteiger charge is 2.32. The maximum atomic E-state index is 12.1. The SMILES string of the molecule is Cc1ncccc1C(=O)NCC1NCCCC1(C)C.Cl.Cl. The molecule has 0 bridgehead atoms. The second-order valence-electron chi connectivity index (χ2n) is 5.95. The van der Waals surface area contributed by atoms with Gasteiger partial charge in [0.05, 0.1) is 5.56 Å². The van der Waals surface area contributed by atoms with Gasteiger partial charge in [0.1, 0.15) is 0 Å². The van der Waals surface area contributed by atoms with Gasteiger partial charge in [0.25, 0.3) is 5.91 Å². The molecule has 1 amide bonds. The standard InChI is InChI=1S/C15H23N3O.2ClH/c1-11-12(6-4-8-16-11)14(19)18-10-13-15(2,3)7-5-9-17-13;;/h4,6,8,13,17H,5,7,9-10H2,1-3H3,(H,18,19);2*1H. The Morgan fingerprint density at radius 3 is 2.81 bits per heavy atom. The highest BCUT2D eigenvalue weighted by molar-refractivity contribution is 5.95. The van der Waals surface area contributed by atoms with Crippen LogP contribution in [0.2, 0.25) is 0 Å². The molecule has 1 aliphatic heterocycles. The Balaban J connectivity index is 0.00000200. The van der Waals surface area contributed by atoms with Crippen molar-refractivity contribution in [3.63, 3.8) is 0 Å². The molecule has 1 unspecified atom stereocenters. The first-order valence-electron chi connectivity index (χ1n) is 6.94. The van der Waals surface area contributed by atoms with Crippen molar-refractivity contribution in [2.45, 2.75) is 39.7 Å². The lowest BCUT2D eigenvalue weighted by Gasteiger charge is -2.39. The third-order valence-electron chi connectivity index (χ3n) is 4.05. The Morgan fingerprint density at radius 1 is 1.48 bits per heavy atom. The van der Waals surface area contributed by atoms with Gasteiger partial charge in [-0.1, -0.05) is 13.8 Å². The van der Waals surface area contributed by atoms with Gasteiger partial charge in [0, 0.05) is 24.5 Å². The summed E-state index contributed by atoms with van der Waals surface area (Å²) < 4.78 is 0. The number of aryl methyl sites for hydroxylation is 1. The van der Waals surface area contributed by atoms with E-state index in [-0.39, 0.29) is 36.1 Å². The van der Waals surface area contributed by atoms with E-state index in [1.165, 1.54) is 12.8 Å². The minimum Gasteiger partial charge on any atom is -0.350 e. The second-order valence-corrected chi connectivity index (χ2v) is 5.95. The maximum Gasteiger partial charge on any atom is 0.253 e. The van der Waals surface area contributed by atoms with E-state index in [9.17, 15) is 4.79 Å². The van der Waals surface area contributed by atoms with Gasteiger partial charge in [-0.15, -0.1) is 24.8 Å². The van der Waals surface area contributed by atoms with E-state index >= 15 is 0 Å². The van der Waals surface area contributed by atoms with Crippen LogP contribution in [-0.2, 0) is 0 Å². The zero-order chi connectivity index (χ0) is 13.9. The van der Waals surface area contributed by atoms with Gasteiger partial charge >= 0.3 is 0 Å².